The SMILES string of the molecule is Cc1nc(SCC(=O)[O-])[nH]c(=O)c1CC(C)C. The summed E-state index contributed by atoms with van der Waals surface area (Å²) in [5.74, 6) is -1.02. The number of aryl methyl sites for hydroxylation is 1. The van der Waals surface area contributed by atoms with Crippen molar-refractivity contribution in [3.8, 4) is 0 Å². The highest BCUT2D eigenvalue weighted by atomic mass is 32.2. The van der Waals surface area contributed by atoms with E-state index in [4.69, 9.17) is 0 Å². The van der Waals surface area contributed by atoms with Gasteiger partial charge in [0.25, 0.3) is 5.56 Å². The smallest absolute Gasteiger partial charge is 0.254 e. The number of nitrogens with zero attached hydrogens (tertiary/aromatic N) is 1. The first-order chi connectivity index (χ1) is 7.90. The molecule has 94 valence electrons. The Morgan fingerprint density at radius 3 is 2.65 bits per heavy atom. The third-order valence-corrected chi connectivity index (χ3v) is 2.99. The van der Waals surface area contributed by atoms with Gasteiger partial charge in [-0.05, 0) is 19.3 Å². The van der Waals surface area contributed by atoms with Crippen molar-refractivity contribution in [3.05, 3.63) is 21.6 Å². The number of hydrogen-bond donors (Lipinski definition) is 1. The van der Waals surface area contributed by atoms with Crippen LogP contribution >= 0.6 is 11.8 Å². The summed E-state index contributed by atoms with van der Waals surface area (Å²) < 4.78 is 0. The lowest BCUT2D eigenvalue weighted by atomic mass is 10.0. The molecule has 0 atom stereocenters. The Labute approximate surface area is 104 Å². The van der Waals surface area contributed by atoms with Crippen LogP contribution in [0.25, 0.3) is 0 Å². The number of carboxylic acids is 1. The van der Waals surface area contributed by atoms with Crippen LogP contribution in [0.4, 0.5) is 0 Å². The van der Waals surface area contributed by atoms with Crippen molar-refractivity contribution < 1.29 is 9.90 Å². The van der Waals surface area contributed by atoms with E-state index in [0.717, 1.165) is 11.8 Å². The molecule has 0 fully saturated rings. The number of aromatic nitrogens is 2. The average molecular weight is 255 g/mol. The highest BCUT2D eigenvalue weighted by Gasteiger charge is 2.10. The Morgan fingerprint density at radius 1 is 1.53 bits per heavy atom. The zero-order valence-corrected chi connectivity index (χ0v) is 10.9. The highest BCUT2D eigenvalue weighted by Crippen LogP contribution is 2.13. The van der Waals surface area contributed by atoms with E-state index >= 15 is 0 Å². The fourth-order valence-electron chi connectivity index (χ4n) is 1.43. The fourth-order valence-corrected chi connectivity index (χ4v) is 2.05. The first-order valence-electron chi connectivity index (χ1n) is 5.32. The quantitative estimate of drug-likeness (QED) is 0.596. The third-order valence-electron chi connectivity index (χ3n) is 2.14. The fraction of sp³-hybridized carbons (Fsp3) is 0.545. The van der Waals surface area contributed by atoms with Crippen molar-refractivity contribution >= 4 is 17.7 Å². The molecule has 1 rings (SSSR count). The Hall–Kier alpha value is -1.30. The van der Waals surface area contributed by atoms with E-state index in [1.54, 1.807) is 6.92 Å². The Bertz CT molecular complexity index is 468. The van der Waals surface area contributed by atoms with Crippen molar-refractivity contribution in [3.63, 3.8) is 0 Å². The molecule has 0 saturated heterocycles. The van der Waals surface area contributed by atoms with Crippen molar-refractivity contribution in [2.75, 3.05) is 5.75 Å². The second-order valence-corrected chi connectivity index (χ2v) is 5.16. The number of carboxylic acid groups (broad SMARTS) is 1. The molecule has 0 radical (unpaired) electrons. The van der Waals surface area contributed by atoms with Gasteiger partial charge in [0.2, 0.25) is 0 Å². The minimum atomic E-state index is -1.18. The molecule has 6 heteroatoms. The van der Waals surface area contributed by atoms with Gasteiger partial charge in [-0.15, -0.1) is 0 Å². The molecule has 0 spiro atoms. The van der Waals surface area contributed by atoms with Crippen LogP contribution < -0.4 is 10.7 Å². The van der Waals surface area contributed by atoms with Crippen LogP contribution in [-0.2, 0) is 11.2 Å². The van der Waals surface area contributed by atoms with Gasteiger partial charge in [0.1, 0.15) is 0 Å². The van der Waals surface area contributed by atoms with Gasteiger partial charge in [0, 0.05) is 17.0 Å². The van der Waals surface area contributed by atoms with Crippen LogP contribution in [0.3, 0.4) is 0 Å². The Balaban J connectivity index is 2.93. The monoisotopic (exact) mass is 255 g/mol. The van der Waals surface area contributed by atoms with Crippen LogP contribution in [0.5, 0.6) is 0 Å². The number of H-pyrrole nitrogens is 1. The minimum Gasteiger partial charge on any atom is -0.549 e. The summed E-state index contributed by atoms with van der Waals surface area (Å²) in [5, 5.41) is 10.6. The average Bonchev–Trinajstić information content (AvgIpc) is 2.20. The van der Waals surface area contributed by atoms with Crippen LogP contribution in [0.15, 0.2) is 9.95 Å². The summed E-state index contributed by atoms with van der Waals surface area (Å²) in [7, 11) is 0. The summed E-state index contributed by atoms with van der Waals surface area (Å²) in [4.78, 5) is 28.8. The normalized spacial score (nSPS) is 10.8. The van der Waals surface area contributed by atoms with Gasteiger partial charge >= 0.3 is 0 Å². The number of nitrogens with one attached hydrogen (secondary N) is 1. The van der Waals surface area contributed by atoms with Gasteiger partial charge in [-0.2, -0.15) is 0 Å². The van der Waals surface area contributed by atoms with E-state index in [-0.39, 0.29) is 11.3 Å². The molecular formula is C11H15N2O3S-. The lowest BCUT2D eigenvalue weighted by Gasteiger charge is -2.08. The summed E-state index contributed by atoms with van der Waals surface area (Å²) in [5.41, 5.74) is 1.13. The predicted molar refractivity (Wildman–Crippen MR) is 63.9 cm³/mol. The minimum absolute atomic E-state index is 0.188. The summed E-state index contributed by atoms with van der Waals surface area (Å²) >= 11 is 0.956. The van der Waals surface area contributed by atoms with Gasteiger partial charge in [-0.3, -0.25) is 4.79 Å². The van der Waals surface area contributed by atoms with Crippen molar-refractivity contribution in [1.29, 1.82) is 0 Å². The molecule has 1 N–H and O–H groups in total. The van der Waals surface area contributed by atoms with Crippen molar-refractivity contribution in [2.45, 2.75) is 32.3 Å². The lowest BCUT2D eigenvalue weighted by molar-refractivity contribution is -0.301. The van der Waals surface area contributed by atoms with Crippen molar-refractivity contribution in [2.24, 2.45) is 5.92 Å². The van der Waals surface area contributed by atoms with E-state index in [9.17, 15) is 14.7 Å². The van der Waals surface area contributed by atoms with Crippen LogP contribution in [0.1, 0.15) is 25.1 Å². The topological polar surface area (TPSA) is 85.9 Å². The first kappa shape index (κ1) is 13.8. The Kier molecular flexibility index (Phi) is 4.74. The predicted octanol–water partition coefficient (Wildman–Crippen LogP) is 0.119. The standard InChI is InChI=1S/C11H16N2O3S/c1-6(2)4-8-7(3)12-11(13-10(8)16)17-5-9(14)15/h6H,4-5H2,1-3H3,(H,14,15)(H,12,13,16)/p-1. The molecule has 0 aliphatic heterocycles. The molecule has 1 aromatic rings. The lowest BCUT2D eigenvalue weighted by Crippen LogP contribution is -2.25. The summed E-state index contributed by atoms with van der Waals surface area (Å²) in [6.07, 6.45) is 0.666. The molecule has 0 aliphatic carbocycles. The van der Waals surface area contributed by atoms with Gasteiger partial charge < -0.3 is 14.9 Å². The first-order valence-corrected chi connectivity index (χ1v) is 6.31. The molecule has 5 nitrogen and oxygen atoms in total. The number of thioether (sulfide) groups is 1. The van der Waals surface area contributed by atoms with Gasteiger partial charge in [-0.1, -0.05) is 25.6 Å². The molecule has 0 bridgehead atoms. The Morgan fingerprint density at radius 2 is 2.18 bits per heavy atom. The zero-order valence-electron chi connectivity index (χ0n) is 10.1. The summed E-state index contributed by atoms with van der Waals surface area (Å²) in [6.45, 7) is 5.81. The number of hydrogen-bond acceptors (Lipinski definition) is 5. The third kappa shape index (κ3) is 4.22. The maximum absolute atomic E-state index is 11.8. The molecule has 1 aromatic heterocycles. The van der Waals surface area contributed by atoms with Crippen LogP contribution in [0.2, 0.25) is 0 Å². The van der Waals surface area contributed by atoms with Crippen LogP contribution in [0, 0.1) is 12.8 Å². The van der Waals surface area contributed by atoms with E-state index in [1.807, 2.05) is 13.8 Å². The largest absolute Gasteiger partial charge is 0.549 e. The molecule has 1 heterocycles. The van der Waals surface area contributed by atoms with E-state index in [0.29, 0.717) is 28.8 Å². The van der Waals surface area contributed by atoms with E-state index in [2.05, 4.69) is 9.97 Å². The molecule has 0 amide bonds. The van der Waals surface area contributed by atoms with Crippen LogP contribution in [-0.4, -0.2) is 21.7 Å². The number of aliphatic carboxylic acids is 1. The zero-order chi connectivity index (χ0) is 13.0. The van der Waals surface area contributed by atoms with Gasteiger partial charge in [0.05, 0.1) is 5.97 Å². The second-order valence-electron chi connectivity index (χ2n) is 4.19. The highest BCUT2D eigenvalue weighted by molar-refractivity contribution is 7.99. The van der Waals surface area contributed by atoms with Gasteiger partial charge in [-0.25, -0.2) is 4.98 Å². The molecule has 0 unspecified atom stereocenters. The molecular weight excluding hydrogens is 240 g/mol. The molecule has 0 aliphatic rings. The number of aromatic amines is 1. The number of rotatable bonds is 5. The molecule has 0 aromatic carbocycles. The maximum Gasteiger partial charge on any atom is 0.254 e. The van der Waals surface area contributed by atoms with E-state index in [1.165, 1.54) is 0 Å². The van der Waals surface area contributed by atoms with E-state index < -0.39 is 5.97 Å². The summed E-state index contributed by atoms with van der Waals surface area (Å²) in [6, 6.07) is 0. The number of carbonyl (C=O) groups is 1. The maximum atomic E-state index is 11.8. The van der Waals surface area contributed by atoms with Gasteiger partial charge in [0.15, 0.2) is 5.16 Å². The molecule has 0 saturated carbocycles. The second kappa shape index (κ2) is 5.86. The number of carbonyl (C=O) groups excluding carboxylic acids is 1. The van der Waals surface area contributed by atoms with Crippen molar-refractivity contribution in [1.82, 2.24) is 9.97 Å². The molecule has 17 heavy (non-hydrogen) atoms.